The highest BCUT2D eigenvalue weighted by molar-refractivity contribution is 5.97. The summed E-state index contributed by atoms with van der Waals surface area (Å²) in [7, 11) is 0. The molecule has 0 saturated carbocycles. The predicted octanol–water partition coefficient (Wildman–Crippen LogP) is 0.140. The minimum Gasteiger partial charge on any atom is -0.480 e. The molecule has 92 valence electrons. The number of hydrogen-bond donors (Lipinski definition) is 3. The Morgan fingerprint density at radius 2 is 1.82 bits per heavy atom. The molecule has 0 aliphatic rings. The summed E-state index contributed by atoms with van der Waals surface area (Å²) < 4.78 is 26.3. The Morgan fingerprint density at radius 1 is 1.29 bits per heavy atom. The molecule has 1 aromatic carbocycles. The number of carbonyl (C=O) groups excluding carboxylic acids is 1. The van der Waals surface area contributed by atoms with Crippen LogP contribution in [-0.2, 0) is 4.79 Å². The summed E-state index contributed by atoms with van der Waals surface area (Å²) in [6.07, 6.45) is 0. The molecule has 1 amide bonds. The van der Waals surface area contributed by atoms with Crippen LogP contribution in [0.2, 0.25) is 0 Å². The maximum Gasteiger partial charge on any atom is 0.328 e. The maximum atomic E-state index is 13.1. The van der Waals surface area contributed by atoms with Crippen LogP contribution in [0.1, 0.15) is 10.4 Å². The van der Waals surface area contributed by atoms with Gasteiger partial charge >= 0.3 is 5.97 Å². The van der Waals surface area contributed by atoms with Gasteiger partial charge in [-0.2, -0.15) is 0 Å². The van der Waals surface area contributed by atoms with Crippen LogP contribution in [0, 0.1) is 11.6 Å². The van der Waals surface area contributed by atoms with E-state index < -0.39 is 41.7 Å². The predicted molar refractivity (Wildman–Crippen MR) is 52.3 cm³/mol. The lowest BCUT2D eigenvalue weighted by atomic mass is 10.1. The Labute approximate surface area is 94.7 Å². The van der Waals surface area contributed by atoms with E-state index in [0.29, 0.717) is 0 Å². The molecular weight excluding hydrogens is 236 g/mol. The monoisotopic (exact) mass is 245 g/mol. The quantitative estimate of drug-likeness (QED) is 0.704. The Balaban J connectivity index is 2.94. The lowest BCUT2D eigenvalue weighted by Gasteiger charge is -2.12. The number of hydrogen-bond acceptors (Lipinski definition) is 3. The number of aliphatic hydroxyl groups is 1. The van der Waals surface area contributed by atoms with Gasteiger partial charge in [0.25, 0.3) is 5.91 Å². The summed E-state index contributed by atoms with van der Waals surface area (Å²) in [5.41, 5.74) is -0.882. The third kappa shape index (κ3) is 2.97. The summed E-state index contributed by atoms with van der Waals surface area (Å²) in [5, 5.41) is 19.0. The van der Waals surface area contributed by atoms with Crippen LogP contribution >= 0.6 is 0 Å². The van der Waals surface area contributed by atoms with Gasteiger partial charge in [0.15, 0.2) is 6.04 Å². The molecule has 0 fully saturated rings. The van der Waals surface area contributed by atoms with Gasteiger partial charge in [0.05, 0.1) is 6.61 Å². The van der Waals surface area contributed by atoms with Crippen LogP contribution in [0.15, 0.2) is 18.2 Å². The van der Waals surface area contributed by atoms with Gasteiger partial charge < -0.3 is 15.5 Å². The van der Waals surface area contributed by atoms with Crippen molar-refractivity contribution in [3.8, 4) is 0 Å². The highest BCUT2D eigenvalue weighted by Crippen LogP contribution is 2.11. The molecule has 17 heavy (non-hydrogen) atoms. The molecule has 3 N–H and O–H groups in total. The Morgan fingerprint density at radius 3 is 2.24 bits per heavy atom. The molecule has 7 heteroatoms. The zero-order valence-electron chi connectivity index (χ0n) is 8.48. The molecule has 0 aromatic heterocycles. The van der Waals surface area contributed by atoms with Crippen molar-refractivity contribution in [1.29, 1.82) is 0 Å². The van der Waals surface area contributed by atoms with Crippen LogP contribution in [0.25, 0.3) is 0 Å². The van der Waals surface area contributed by atoms with E-state index in [9.17, 15) is 18.4 Å². The molecule has 0 radical (unpaired) electrons. The third-order valence-corrected chi connectivity index (χ3v) is 1.98. The summed E-state index contributed by atoms with van der Waals surface area (Å²) in [4.78, 5) is 21.9. The van der Waals surface area contributed by atoms with E-state index in [1.165, 1.54) is 0 Å². The van der Waals surface area contributed by atoms with Crippen molar-refractivity contribution in [2.75, 3.05) is 6.61 Å². The molecular formula is C10H9F2NO4. The molecule has 0 heterocycles. The van der Waals surface area contributed by atoms with Crippen LogP contribution in [-0.4, -0.2) is 34.7 Å². The first kappa shape index (κ1) is 13.0. The van der Waals surface area contributed by atoms with Crippen molar-refractivity contribution < 1.29 is 28.6 Å². The van der Waals surface area contributed by atoms with Crippen LogP contribution in [0.5, 0.6) is 0 Å². The fourth-order valence-corrected chi connectivity index (χ4v) is 1.13. The highest BCUT2D eigenvalue weighted by atomic mass is 19.1. The first-order chi connectivity index (χ1) is 7.97. The number of aliphatic carboxylic acids is 1. The number of carbonyl (C=O) groups is 2. The summed E-state index contributed by atoms with van der Waals surface area (Å²) in [5.74, 6) is -4.95. The van der Waals surface area contributed by atoms with Crippen molar-refractivity contribution in [2.24, 2.45) is 0 Å². The molecule has 0 bridgehead atoms. The topological polar surface area (TPSA) is 86.6 Å². The first-order valence-electron chi connectivity index (χ1n) is 4.56. The van der Waals surface area contributed by atoms with E-state index in [-0.39, 0.29) is 0 Å². The molecule has 0 aliphatic carbocycles. The number of rotatable bonds is 4. The summed E-state index contributed by atoms with van der Waals surface area (Å²) in [6.45, 7) is -0.878. The zero-order chi connectivity index (χ0) is 13.0. The van der Waals surface area contributed by atoms with Crippen molar-refractivity contribution in [2.45, 2.75) is 6.04 Å². The third-order valence-electron chi connectivity index (χ3n) is 1.98. The molecule has 5 nitrogen and oxygen atoms in total. The van der Waals surface area contributed by atoms with Gasteiger partial charge in [0.1, 0.15) is 17.2 Å². The summed E-state index contributed by atoms with van der Waals surface area (Å²) >= 11 is 0. The van der Waals surface area contributed by atoms with E-state index in [0.717, 1.165) is 18.2 Å². The second kappa shape index (κ2) is 5.35. The van der Waals surface area contributed by atoms with Gasteiger partial charge in [-0.3, -0.25) is 4.79 Å². The van der Waals surface area contributed by atoms with Crippen molar-refractivity contribution in [1.82, 2.24) is 5.32 Å². The number of nitrogens with one attached hydrogen (secondary N) is 1. The number of aliphatic hydroxyl groups excluding tert-OH is 1. The number of amides is 1. The number of carboxylic acid groups (broad SMARTS) is 1. The lowest BCUT2D eigenvalue weighted by molar-refractivity contribution is -0.140. The van der Waals surface area contributed by atoms with Crippen molar-refractivity contribution >= 4 is 11.9 Å². The zero-order valence-corrected chi connectivity index (χ0v) is 8.48. The smallest absolute Gasteiger partial charge is 0.328 e. The van der Waals surface area contributed by atoms with Gasteiger partial charge in [-0.25, -0.2) is 13.6 Å². The Hall–Kier alpha value is -2.02. The average Bonchev–Trinajstić information content (AvgIpc) is 2.25. The van der Waals surface area contributed by atoms with E-state index in [1.54, 1.807) is 5.32 Å². The van der Waals surface area contributed by atoms with Crippen LogP contribution in [0.4, 0.5) is 8.78 Å². The van der Waals surface area contributed by atoms with Crippen molar-refractivity contribution in [3.05, 3.63) is 35.4 Å². The molecule has 0 saturated heterocycles. The van der Waals surface area contributed by atoms with E-state index >= 15 is 0 Å². The molecule has 0 aliphatic heterocycles. The Kier molecular flexibility index (Phi) is 4.11. The summed E-state index contributed by atoms with van der Waals surface area (Å²) in [6, 6.07) is 1.20. The molecule has 0 unspecified atom stereocenters. The highest BCUT2D eigenvalue weighted by Gasteiger charge is 2.23. The number of carboxylic acids is 1. The number of benzene rings is 1. The Bertz CT molecular complexity index is 430. The minimum atomic E-state index is -1.61. The standard InChI is InChI=1S/C10H9F2NO4/c11-5-2-1-3-6(12)8(5)9(15)13-7(4-14)10(16)17/h1-3,7,14H,4H2,(H,13,15)(H,16,17)/t7-/m1/s1. The van der Waals surface area contributed by atoms with Gasteiger partial charge in [-0.05, 0) is 12.1 Å². The SMILES string of the molecule is O=C(N[C@H](CO)C(=O)O)c1c(F)cccc1F. The van der Waals surface area contributed by atoms with Gasteiger partial charge in [0.2, 0.25) is 0 Å². The molecule has 0 spiro atoms. The van der Waals surface area contributed by atoms with Crippen LogP contribution < -0.4 is 5.32 Å². The second-order valence-electron chi connectivity index (χ2n) is 3.14. The largest absolute Gasteiger partial charge is 0.480 e. The fourth-order valence-electron chi connectivity index (χ4n) is 1.13. The maximum absolute atomic E-state index is 13.1. The van der Waals surface area contributed by atoms with E-state index in [2.05, 4.69) is 0 Å². The molecule has 1 aromatic rings. The minimum absolute atomic E-state index is 0.868. The van der Waals surface area contributed by atoms with Gasteiger partial charge in [0, 0.05) is 0 Å². The van der Waals surface area contributed by atoms with Gasteiger partial charge in [-0.15, -0.1) is 0 Å². The molecule has 1 rings (SSSR count). The normalized spacial score (nSPS) is 11.9. The van der Waals surface area contributed by atoms with E-state index in [1.807, 2.05) is 0 Å². The fraction of sp³-hybridized carbons (Fsp3) is 0.200. The van der Waals surface area contributed by atoms with Crippen LogP contribution in [0.3, 0.4) is 0 Å². The lowest BCUT2D eigenvalue weighted by Crippen LogP contribution is -2.43. The second-order valence-corrected chi connectivity index (χ2v) is 3.14. The average molecular weight is 245 g/mol. The van der Waals surface area contributed by atoms with E-state index in [4.69, 9.17) is 10.2 Å². The number of halogens is 2. The van der Waals surface area contributed by atoms with Crippen molar-refractivity contribution in [3.63, 3.8) is 0 Å². The van der Waals surface area contributed by atoms with Gasteiger partial charge in [-0.1, -0.05) is 6.07 Å². The molecule has 1 atom stereocenters. The first-order valence-corrected chi connectivity index (χ1v) is 4.56.